The molecule has 0 saturated carbocycles. The van der Waals surface area contributed by atoms with Crippen molar-refractivity contribution in [2.75, 3.05) is 0 Å². The average molecular weight is 202 g/mol. The van der Waals surface area contributed by atoms with Crippen molar-refractivity contribution in [2.24, 2.45) is 0 Å². The van der Waals surface area contributed by atoms with Crippen molar-refractivity contribution < 1.29 is 4.79 Å². The van der Waals surface area contributed by atoms with Crippen molar-refractivity contribution in [3.63, 3.8) is 0 Å². The highest BCUT2D eigenvalue weighted by molar-refractivity contribution is 6.06. The molecule has 5 nitrogen and oxygen atoms in total. The van der Waals surface area contributed by atoms with Gasteiger partial charge in [-0.15, -0.1) is 0 Å². The number of nitrogens with zero attached hydrogens (tertiary/aromatic N) is 4. The van der Waals surface area contributed by atoms with Crippen molar-refractivity contribution in [3.05, 3.63) is 42.2 Å². The molecule has 0 aliphatic rings. The molecule has 15 heavy (non-hydrogen) atoms. The third-order valence-corrected chi connectivity index (χ3v) is 2.06. The Hall–Kier alpha value is -2.04. The largest absolute Gasteiger partial charge is 0.285 e. The Balaban J connectivity index is 2.37. The first-order valence-corrected chi connectivity index (χ1v) is 4.65. The van der Waals surface area contributed by atoms with Crippen molar-refractivity contribution in [1.29, 1.82) is 0 Å². The van der Waals surface area contributed by atoms with Gasteiger partial charge in [0.1, 0.15) is 17.7 Å². The smallest absolute Gasteiger partial charge is 0.229 e. The van der Waals surface area contributed by atoms with Crippen LogP contribution >= 0.6 is 0 Å². The Kier molecular flexibility index (Phi) is 2.53. The van der Waals surface area contributed by atoms with Crippen molar-refractivity contribution in [3.8, 4) is 0 Å². The van der Waals surface area contributed by atoms with Gasteiger partial charge in [-0.05, 0) is 19.1 Å². The lowest BCUT2D eigenvalue weighted by molar-refractivity contribution is 0.102. The fraction of sp³-hybridized carbons (Fsp3) is 0.200. The van der Waals surface area contributed by atoms with E-state index in [1.165, 1.54) is 6.33 Å². The van der Waals surface area contributed by atoms with E-state index in [0.717, 1.165) is 0 Å². The second-order valence-corrected chi connectivity index (χ2v) is 2.96. The van der Waals surface area contributed by atoms with Crippen LogP contribution in [0.1, 0.15) is 23.1 Å². The monoisotopic (exact) mass is 202 g/mol. The summed E-state index contributed by atoms with van der Waals surface area (Å²) in [4.78, 5) is 19.6. The first-order chi connectivity index (χ1) is 7.33. The number of hydrogen-bond acceptors (Lipinski definition) is 4. The highest BCUT2D eigenvalue weighted by atomic mass is 16.1. The van der Waals surface area contributed by atoms with E-state index in [-0.39, 0.29) is 5.78 Å². The van der Waals surface area contributed by atoms with Gasteiger partial charge in [0.25, 0.3) is 0 Å². The molecule has 5 heteroatoms. The summed E-state index contributed by atoms with van der Waals surface area (Å²) in [5.74, 6) is -0.128. The first-order valence-electron chi connectivity index (χ1n) is 4.65. The van der Waals surface area contributed by atoms with E-state index in [1.807, 2.05) is 6.92 Å². The summed E-state index contributed by atoms with van der Waals surface area (Å²) in [7, 11) is 0. The number of carbonyl (C=O) groups is 1. The van der Waals surface area contributed by atoms with Crippen molar-refractivity contribution >= 4 is 5.78 Å². The molecule has 0 bridgehead atoms. The Labute approximate surface area is 86.8 Å². The fourth-order valence-corrected chi connectivity index (χ4v) is 1.33. The van der Waals surface area contributed by atoms with E-state index in [0.29, 0.717) is 17.9 Å². The fourth-order valence-electron chi connectivity index (χ4n) is 1.33. The van der Waals surface area contributed by atoms with Crippen LogP contribution < -0.4 is 0 Å². The molecule has 2 heterocycles. The molecule has 0 amide bonds. The van der Waals surface area contributed by atoms with Gasteiger partial charge >= 0.3 is 0 Å². The first kappa shape index (κ1) is 9.51. The normalized spacial score (nSPS) is 10.2. The summed E-state index contributed by atoms with van der Waals surface area (Å²) in [6.45, 7) is 2.60. The summed E-state index contributed by atoms with van der Waals surface area (Å²) < 4.78 is 1.64. The summed E-state index contributed by atoms with van der Waals surface area (Å²) in [6, 6.07) is 3.28. The minimum Gasteiger partial charge on any atom is -0.285 e. The van der Waals surface area contributed by atoms with Gasteiger partial charge in [-0.1, -0.05) is 0 Å². The number of hydrogen-bond donors (Lipinski definition) is 0. The molecule has 76 valence electrons. The molecule has 2 aromatic rings. The minimum atomic E-state index is -0.128. The number of carbonyl (C=O) groups excluding carboxylic acids is 1. The van der Waals surface area contributed by atoms with Crippen molar-refractivity contribution in [1.82, 2.24) is 19.7 Å². The Morgan fingerprint density at radius 2 is 2.27 bits per heavy atom. The van der Waals surface area contributed by atoms with Gasteiger partial charge in [0.05, 0.1) is 0 Å². The lowest BCUT2D eigenvalue weighted by Gasteiger charge is -2.02. The Morgan fingerprint density at radius 3 is 2.93 bits per heavy atom. The lowest BCUT2D eigenvalue weighted by Crippen LogP contribution is -2.11. The molecule has 0 unspecified atom stereocenters. The molecule has 0 N–H and O–H groups in total. The van der Waals surface area contributed by atoms with Gasteiger partial charge in [0.15, 0.2) is 0 Å². The summed E-state index contributed by atoms with van der Waals surface area (Å²) in [5.41, 5.74) is 0.941. The lowest BCUT2D eigenvalue weighted by atomic mass is 10.2. The number of aromatic nitrogens is 4. The van der Waals surface area contributed by atoms with Crippen LogP contribution in [-0.2, 0) is 6.54 Å². The summed E-state index contributed by atoms with van der Waals surface area (Å²) in [6.07, 6.45) is 4.52. The number of rotatable bonds is 3. The maximum Gasteiger partial charge on any atom is 0.229 e. The van der Waals surface area contributed by atoms with Crippen LogP contribution in [0.2, 0.25) is 0 Å². The predicted octanol–water partition coefficient (Wildman–Crippen LogP) is 0.924. The maximum absolute atomic E-state index is 11.9. The van der Waals surface area contributed by atoms with Gasteiger partial charge in [0, 0.05) is 18.9 Å². The Bertz CT molecular complexity index is 463. The van der Waals surface area contributed by atoms with E-state index in [9.17, 15) is 4.79 Å². The molecule has 0 aromatic carbocycles. The molecule has 0 atom stereocenters. The summed E-state index contributed by atoms with van der Waals surface area (Å²) in [5, 5.41) is 4.03. The zero-order valence-electron chi connectivity index (χ0n) is 8.29. The van der Waals surface area contributed by atoms with Gasteiger partial charge in [-0.3, -0.25) is 9.48 Å². The van der Waals surface area contributed by atoms with Gasteiger partial charge in [-0.2, -0.15) is 5.10 Å². The molecule has 2 aromatic heterocycles. The SMILES string of the molecule is CCn1nccc1C(=O)c1ccncn1. The molecule has 0 fully saturated rings. The van der Waals surface area contributed by atoms with E-state index >= 15 is 0 Å². The van der Waals surface area contributed by atoms with E-state index in [4.69, 9.17) is 0 Å². The minimum absolute atomic E-state index is 0.128. The molecule has 0 saturated heterocycles. The molecule has 0 radical (unpaired) electrons. The van der Waals surface area contributed by atoms with Gasteiger partial charge in [0.2, 0.25) is 5.78 Å². The second kappa shape index (κ2) is 4.00. The topological polar surface area (TPSA) is 60.7 Å². The van der Waals surface area contributed by atoms with Gasteiger partial charge < -0.3 is 0 Å². The quantitative estimate of drug-likeness (QED) is 0.694. The summed E-state index contributed by atoms with van der Waals surface area (Å²) >= 11 is 0. The van der Waals surface area contributed by atoms with E-state index in [2.05, 4.69) is 15.1 Å². The highest BCUT2D eigenvalue weighted by Crippen LogP contribution is 2.06. The highest BCUT2D eigenvalue weighted by Gasteiger charge is 2.14. The zero-order chi connectivity index (χ0) is 10.7. The maximum atomic E-state index is 11.9. The standard InChI is InChI=1S/C10H10N4O/c1-2-14-9(4-6-13-14)10(15)8-3-5-11-7-12-8/h3-7H,2H2,1H3. The zero-order valence-corrected chi connectivity index (χ0v) is 8.29. The molecular weight excluding hydrogens is 192 g/mol. The van der Waals surface area contributed by atoms with Crippen LogP contribution in [0.3, 0.4) is 0 Å². The molecule has 0 aliphatic carbocycles. The van der Waals surface area contributed by atoms with Crippen LogP contribution in [-0.4, -0.2) is 25.5 Å². The number of ketones is 1. The van der Waals surface area contributed by atoms with Crippen LogP contribution in [0.15, 0.2) is 30.9 Å². The number of aryl methyl sites for hydroxylation is 1. The average Bonchev–Trinajstić information content (AvgIpc) is 2.77. The Morgan fingerprint density at radius 1 is 1.40 bits per heavy atom. The van der Waals surface area contributed by atoms with Crippen molar-refractivity contribution in [2.45, 2.75) is 13.5 Å². The van der Waals surface area contributed by atoms with E-state index < -0.39 is 0 Å². The molecule has 2 rings (SSSR count). The second-order valence-electron chi connectivity index (χ2n) is 2.96. The van der Waals surface area contributed by atoms with E-state index in [1.54, 1.807) is 29.2 Å². The van der Waals surface area contributed by atoms with Crippen LogP contribution in [0.5, 0.6) is 0 Å². The molecular formula is C10H10N4O. The van der Waals surface area contributed by atoms with Crippen LogP contribution in [0.4, 0.5) is 0 Å². The molecule has 0 aliphatic heterocycles. The van der Waals surface area contributed by atoms with Crippen LogP contribution in [0, 0.1) is 0 Å². The third-order valence-electron chi connectivity index (χ3n) is 2.06. The predicted molar refractivity (Wildman–Crippen MR) is 53.4 cm³/mol. The van der Waals surface area contributed by atoms with Gasteiger partial charge in [-0.25, -0.2) is 9.97 Å². The molecule has 0 spiro atoms. The van der Waals surface area contributed by atoms with Crippen LogP contribution in [0.25, 0.3) is 0 Å². The third kappa shape index (κ3) is 1.76.